The fourth-order valence-corrected chi connectivity index (χ4v) is 3.52. The van der Waals surface area contributed by atoms with E-state index in [-0.39, 0.29) is 5.91 Å². The lowest BCUT2D eigenvalue weighted by Gasteiger charge is -2.34. The average Bonchev–Trinajstić information content (AvgIpc) is 2.74. The van der Waals surface area contributed by atoms with Crippen molar-refractivity contribution in [3.63, 3.8) is 0 Å². The molecular weight excluding hydrogens is 350 g/mol. The maximum Gasteiger partial charge on any atom is 0.234 e. The number of piperazine rings is 1. The van der Waals surface area contributed by atoms with E-state index in [2.05, 4.69) is 46.3 Å². The third-order valence-electron chi connectivity index (χ3n) is 5.37. The second-order valence-corrected chi connectivity index (χ2v) is 7.52. The molecule has 0 unspecified atom stereocenters. The molecule has 3 rings (SSSR count). The summed E-state index contributed by atoms with van der Waals surface area (Å²) in [6.07, 6.45) is 0. The fraction of sp³-hybridized carbons (Fsp3) is 0.435. The molecule has 28 heavy (non-hydrogen) atoms. The summed E-state index contributed by atoms with van der Waals surface area (Å²) in [6.45, 7) is 8.08. The number of benzene rings is 2. The van der Waals surface area contributed by atoms with Gasteiger partial charge in [-0.2, -0.15) is 0 Å². The minimum atomic E-state index is 0.117. The summed E-state index contributed by atoms with van der Waals surface area (Å²) in [4.78, 5) is 17.0. The van der Waals surface area contributed by atoms with E-state index in [0.717, 1.165) is 38.5 Å². The zero-order valence-corrected chi connectivity index (χ0v) is 16.9. The van der Waals surface area contributed by atoms with Crippen LogP contribution in [0.2, 0.25) is 0 Å². The number of nitrogens with zero attached hydrogens (tertiary/aromatic N) is 2. The molecule has 1 aliphatic rings. The smallest absolute Gasteiger partial charge is 0.234 e. The summed E-state index contributed by atoms with van der Waals surface area (Å²) >= 11 is 0. The molecule has 1 atom stereocenters. The van der Waals surface area contributed by atoms with Gasteiger partial charge < -0.3 is 10.1 Å². The van der Waals surface area contributed by atoms with Gasteiger partial charge in [0.15, 0.2) is 0 Å². The van der Waals surface area contributed by atoms with Gasteiger partial charge in [0.05, 0.1) is 13.7 Å². The highest BCUT2D eigenvalue weighted by atomic mass is 16.5. The average molecular weight is 382 g/mol. The molecule has 0 saturated carbocycles. The lowest BCUT2D eigenvalue weighted by atomic mass is 10.0. The van der Waals surface area contributed by atoms with Crippen LogP contribution in [-0.4, -0.2) is 62.1 Å². The molecule has 5 nitrogen and oxygen atoms in total. The molecule has 1 N–H and O–H groups in total. The number of nitrogens with one attached hydrogen (secondary N) is 1. The quantitative estimate of drug-likeness (QED) is 0.764. The molecule has 0 bridgehead atoms. The summed E-state index contributed by atoms with van der Waals surface area (Å²) in [5.74, 6) is 1.33. The van der Waals surface area contributed by atoms with E-state index < -0.39 is 0 Å². The standard InChI is InChI=1S/C23H31N3O2/c1-19(21-6-4-3-5-7-21)16-24-23(27)18-26-14-12-25(13-15-26)17-20-8-10-22(28-2)11-9-20/h3-11,19H,12-18H2,1-2H3,(H,24,27)/t19-/m1/s1. The van der Waals surface area contributed by atoms with Gasteiger partial charge in [-0.05, 0) is 29.2 Å². The summed E-state index contributed by atoms with van der Waals surface area (Å²) in [6, 6.07) is 18.6. The zero-order chi connectivity index (χ0) is 19.8. The van der Waals surface area contributed by atoms with E-state index >= 15 is 0 Å². The van der Waals surface area contributed by atoms with Crippen molar-refractivity contribution in [1.29, 1.82) is 0 Å². The minimum Gasteiger partial charge on any atom is -0.497 e. The van der Waals surface area contributed by atoms with E-state index in [1.54, 1.807) is 7.11 Å². The van der Waals surface area contributed by atoms with Crippen molar-refractivity contribution in [2.45, 2.75) is 19.4 Å². The molecule has 2 aromatic carbocycles. The number of hydrogen-bond acceptors (Lipinski definition) is 4. The van der Waals surface area contributed by atoms with Crippen LogP contribution in [0, 0.1) is 0 Å². The number of methoxy groups -OCH3 is 1. The predicted octanol–water partition coefficient (Wildman–Crippen LogP) is 2.73. The number of hydrogen-bond donors (Lipinski definition) is 1. The van der Waals surface area contributed by atoms with Gasteiger partial charge in [-0.1, -0.05) is 49.4 Å². The third kappa shape index (κ3) is 6.08. The Kier molecular flexibility index (Phi) is 7.46. The maximum atomic E-state index is 12.3. The molecular formula is C23H31N3O2. The molecule has 1 heterocycles. The molecule has 1 amide bonds. The fourth-order valence-electron chi connectivity index (χ4n) is 3.52. The highest BCUT2D eigenvalue weighted by molar-refractivity contribution is 5.78. The molecule has 1 aliphatic heterocycles. The van der Waals surface area contributed by atoms with Gasteiger partial charge in [0.1, 0.15) is 5.75 Å². The highest BCUT2D eigenvalue weighted by Crippen LogP contribution is 2.15. The molecule has 2 aromatic rings. The van der Waals surface area contributed by atoms with E-state index in [1.165, 1.54) is 11.1 Å². The monoisotopic (exact) mass is 381 g/mol. The van der Waals surface area contributed by atoms with Crippen molar-refractivity contribution in [2.75, 3.05) is 46.4 Å². The van der Waals surface area contributed by atoms with E-state index in [1.807, 2.05) is 30.3 Å². The van der Waals surface area contributed by atoms with Gasteiger partial charge in [0.25, 0.3) is 0 Å². The first-order valence-corrected chi connectivity index (χ1v) is 10.0. The Morgan fingerprint density at radius 1 is 1.00 bits per heavy atom. The first-order chi connectivity index (χ1) is 13.6. The van der Waals surface area contributed by atoms with Crippen molar-refractivity contribution in [2.24, 2.45) is 0 Å². The number of carbonyl (C=O) groups excluding carboxylic acids is 1. The van der Waals surface area contributed by atoms with Crippen LogP contribution < -0.4 is 10.1 Å². The van der Waals surface area contributed by atoms with Crippen LogP contribution in [0.5, 0.6) is 5.75 Å². The topological polar surface area (TPSA) is 44.8 Å². The van der Waals surface area contributed by atoms with E-state index in [0.29, 0.717) is 19.0 Å². The zero-order valence-electron chi connectivity index (χ0n) is 16.9. The van der Waals surface area contributed by atoms with Crippen molar-refractivity contribution in [3.8, 4) is 5.75 Å². The van der Waals surface area contributed by atoms with E-state index in [4.69, 9.17) is 4.74 Å². The molecule has 0 aliphatic carbocycles. The van der Waals surface area contributed by atoms with Gasteiger partial charge >= 0.3 is 0 Å². The molecule has 0 aromatic heterocycles. The van der Waals surface area contributed by atoms with Crippen molar-refractivity contribution in [3.05, 3.63) is 65.7 Å². The maximum absolute atomic E-state index is 12.3. The van der Waals surface area contributed by atoms with Crippen LogP contribution in [-0.2, 0) is 11.3 Å². The van der Waals surface area contributed by atoms with Crippen molar-refractivity contribution < 1.29 is 9.53 Å². The summed E-state index contributed by atoms with van der Waals surface area (Å²) in [5, 5.41) is 3.08. The number of carbonyl (C=O) groups is 1. The number of ether oxygens (including phenoxy) is 1. The van der Waals surface area contributed by atoms with Crippen molar-refractivity contribution in [1.82, 2.24) is 15.1 Å². The van der Waals surface area contributed by atoms with Crippen LogP contribution in [0.4, 0.5) is 0 Å². The molecule has 1 saturated heterocycles. The molecule has 5 heteroatoms. The molecule has 150 valence electrons. The SMILES string of the molecule is COc1ccc(CN2CCN(CC(=O)NC[C@@H](C)c3ccccc3)CC2)cc1. The van der Waals surface area contributed by atoms with E-state index in [9.17, 15) is 4.79 Å². The van der Waals surface area contributed by atoms with Crippen LogP contribution >= 0.6 is 0 Å². The van der Waals surface area contributed by atoms with Gasteiger partial charge in [-0.25, -0.2) is 0 Å². The molecule has 1 fully saturated rings. The number of amides is 1. The lowest BCUT2D eigenvalue weighted by molar-refractivity contribution is -0.122. The Balaban J connectivity index is 1.36. The minimum absolute atomic E-state index is 0.117. The Morgan fingerprint density at radius 3 is 2.29 bits per heavy atom. The summed E-state index contributed by atoms with van der Waals surface area (Å²) in [7, 11) is 1.69. The summed E-state index contributed by atoms with van der Waals surface area (Å²) in [5.41, 5.74) is 2.55. The first kappa shape index (κ1) is 20.4. The third-order valence-corrected chi connectivity index (χ3v) is 5.37. The van der Waals surface area contributed by atoms with Crippen LogP contribution in [0.15, 0.2) is 54.6 Å². The number of rotatable bonds is 8. The lowest BCUT2D eigenvalue weighted by Crippen LogP contribution is -2.49. The van der Waals surface area contributed by atoms with Gasteiger partial charge in [0.2, 0.25) is 5.91 Å². The molecule has 0 radical (unpaired) electrons. The Bertz CT molecular complexity index is 725. The Hall–Kier alpha value is -2.37. The van der Waals surface area contributed by atoms with Crippen LogP contribution in [0.1, 0.15) is 24.0 Å². The normalized spacial score (nSPS) is 16.5. The van der Waals surface area contributed by atoms with Gasteiger partial charge in [-0.15, -0.1) is 0 Å². The highest BCUT2D eigenvalue weighted by Gasteiger charge is 2.19. The Morgan fingerprint density at radius 2 is 1.64 bits per heavy atom. The predicted molar refractivity (Wildman–Crippen MR) is 113 cm³/mol. The van der Waals surface area contributed by atoms with Crippen LogP contribution in [0.25, 0.3) is 0 Å². The molecule has 0 spiro atoms. The van der Waals surface area contributed by atoms with Crippen LogP contribution in [0.3, 0.4) is 0 Å². The Labute approximate surface area is 168 Å². The second kappa shape index (κ2) is 10.2. The summed E-state index contributed by atoms with van der Waals surface area (Å²) < 4.78 is 5.21. The second-order valence-electron chi connectivity index (χ2n) is 7.52. The first-order valence-electron chi connectivity index (χ1n) is 10.0. The largest absolute Gasteiger partial charge is 0.497 e. The van der Waals surface area contributed by atoms with Crippen molar-refractivity contribution >= 4 is 5.91 Å². The van der Waals surface area contributed by atoms with Gasteiger partial charge in [-0.3, -0.25) is 14.6 Å². The van der Waals surface area contributed by atoms with Gasteiger partial charge in [0, 0.05) is 39.3 Å².